The molecule has 0 aliphatic carbocycles. The number of hydrogen-bond donors (Lipinski definition) is 1. The Kier molecular flexibility index (Phi) is 4.74. The van der Waals surface area contributed by atoms with Crippen molar-refractivity contribution in [2.45, 2.75) is 38.8 Å². The number of nitrogens with two attached hydrogens (primary N) is 1. The van der Waals surface area contributed by atoms with Gasteiger partial charge in [-0.25, -0.2) is 4.39 Å². The van der Waals surface area contributed by atoms with Crippen LogP contribution in [0.1, 0.15) is 43.9 Å². The molecule has 0 saturated carbocycles. The summed E-state index contributed by atoms with van der Waals surface area (Å²) in [6.07, 6.45) is 2.23. The van der Waals surface area contributed by atoms with Crippen LogP contribution in [0.25, 0.3) is 0 Å². The number of hydrogen-bond acceptors (Lipinski definition) is 3. The molecule has 0 aromatic heterocycles. The number of nitrogens with zero attached hydrogens (tertiary/aromatic N) is 2. The zero-order chi connectivity index (χ0) is 14.7. The summed E-state index contributed by atoms with van der Waals surface area (Å²) in [6, 6.07) is 7.39. The van der Waals surface area contributed by atoms with E-state index in [1.54, 1.807) is 12.1 Å². The molecule has 3 nitrogen and oxygen atoms in total. The van der Waals surface area contributed by atoms with Crippen molar-refractivity contribution in [1.29, 1.82) is 5.26 Å². The topological polar surface area (TPSA) is 53.0 Å². The molecule has 1 aliphatic heterocycles. The summed E-state index contributed by atoms with van der Waals surface area (Å²) in [5.41, 5.74) is 7.05. The van der Waals surface area contributed by atoms with Crippen LogP contribution in [0.5, 0.6) is 0 Å². The lowest BCUT2D eigenvalue weighted by molar-refractivity contribution is 0.0665. The maximum absolute atomic E-state index is 13.5. The van der Waals surface area contributed by atoms with Crippen molar-refractivity contribution in [3.63, 3.8) is 0 Å². The van der Waals surface area contributed by atoms with Crippen molar-refractivity contribution in [3.8, 4) is 6.07 Å². The van der Waals surface area contributed by atoms with Gasteiger partial charge in [0.25, 0.3) is 0 Å². The normalized spacial score (nSPS) is 23.8. The third-order valence-corrected chi connectivity index (χ3v) is 4.21. The number of likely N-dealkylation sites (tertiary alicyclic amines) is 1. The van der Waals surface area contributed by atoms with Crippen LogP contribution >= 0.6 is 0 Å². The monoisotopic (exact) mass is 275 g/mol. The second-order valence-electron chi connectivity index (χ2n) is 5.77. The van der Waals surface area contributed by atoms with E-state index in [0.717, 1.165) is 24.9 Å². The number of benzene rings is 1. The molecule has 1 fully saturated rings. The Hall–Kier alpha value is -1.44. The number of halogens is 1. The molecule has 0 amide bonds. The molecule has 1 aromatic carbocycles. The van der Waals surface area contributed by atoms with Gasteiger partial charge in [0.05, 0.1) is 5.56 Å². The van der Waals surface area contributed by atoms with E-state index in [1.807, 2.05) is 6.07 Å². The lowest BCUT2D eigenvalue weighted by Gasteiger charge is -2.43. The van der Waals surface area contributed by atoms with Crippen molar-refractivity contribution in [2.24, 2.45) is 11.7 Å². The number of nitriles is 1. The highest BCUT2D eigenvalue weighted by molar-refractivity contribution is 5.36. The van der Waals surface area contributed by atoms with E-state index in [2.05, 4.69) is 18.7 Å². The summed E-state index contributed by atoms with van der Waals surface area (Å²) < 4.78 is 13.5. The van der Waals surface area contributed by atoms with Crippen LogP contribution in [0.3, 0.4) is 0 Å². The lowest BCUT2D eigenvalue weighted by atomic mass is 9.83. The first-order valence-electron chi connectivity index (χ1n) is 7.23. The molecule has 0 radical (unpaired) electrons. The van der Waals surface area contributed by atoms with Gasteiger partial charge in [-0.3, -0.25) is 4.90 Å². The lowest BCUT2D eigenvalue weighted by Crippen LogP contribution is -2.45. The summed E-state index contributed by atoms with van der Waals surface area (Å²) in [4.78, 5) is 2.41. The minimum absolute atomic E-state index is 0.118. The molecule has 2 N–H and O–H groups in total. The van der Waals surface area contributed by atoms with Gasteiger partial charge in [-0.2, -0.15) is 5.26 Å². The van der Waals surface area contributed by atoms with Crippen molar-refractivity contribution in [1.82, 2.24) is 4.90 Å². The van der Waals surface area contributed by atoms with Gasteiger partial charge in [0.15, 0.2) is 0 Å². The molecular formula is C16H22FN3. The van der Waals surface area contributed by atoms with E-state index < -0.39 is 5.82 Å². The Bertz CT molecular complexity index is 507. The Morgan fingerprint density at radius 3 is 2.85 bits per heavy atom. The van der Waals surface area contributed by atoms with Crippen LogP contribution in [0.15, 0.2) is 18.2 Å². The van der Waals surface area contributed by atoms with E-state index in [0.29, 0.717) is 18.5 Å². The van der Waals surface area contributed by atoms with E-state index >= 15 is 0 Å². The second kappa shape index (κ2) is 6.34. The molecule has 1 heterocycles. The summed E-state index contributed by atoms with van der Waals surface area (Å²) >= 11 is 0. The Morgan fingerprint density at radius 2 is 2.25 bits per heavy atom. The number of piperidine rings is 1. The van der Waals surface area contributed by atoms with Crippen molar-refractivity contribution < 1.29 is 4.39 Å². The SMILES string of the molecule is CC(C)N1CCCC(CN)C1c1ccc(F)c(C#N)c1. The van der Waals surface area contributed by atoms with E-state index in [-0.39, 0.29) is 11.6 Å². The first-order chi connectivity index (χ1) is 9.58. The third kappa shape index (κ3) is 2.84. The van der Waals surface area contributed by atoms with Gasteiger partial charge in [0.1, 0.15) is 11.9 Å². The fourth-order valence-corrected chi connectivity index (χ4v) is 3.21. The number of rotatable bonds is 3. The van der Waals surface area contributed by atoms with Crippen LogP contribution in [0, 0.1) is 23.1 Å². The minimum Gasteiger partial charge on any atom is -0.330 e. The van der Waals surface area contributed by atoms with Crippen LogP contribution in [0.2, 0.25) is 0 Å². The molecule has 1 saturated heterocycles. The van der Waals surface area contributed by atoms with Crippen LogP contribution in [0.4, 0.5) is 4.39 Å². The third-order valence-electron chi connectivity index (χ3n) is 4.21. The van der Waals surface area contributed by atoms with E-state index in [1.165, 1.54) is 6.07 Å². The van der Waals surface area contributed by atoms with Gasteiger partial charge in [-0.1, -0.05) is 6.07 Å². The Morgan fingerprint density at radius 1 is 1.50 bits per heavy atom. The first-order valence-corrected chi connectivity index (χ1v) is 7.23. The summed E-state index contributed by atoms with van der Waals surface area (Å²) in [6.45, 7) is 5.98. The average Bonchev–Trinajstić information content (AvgIpc) is 2.46. The molecule has 20 heavy (non-hydrogen) atoms. The molecule has 2 atom stereocenters. The Labute approximate surface area is 120 Å². The standard InChI is InChI=1S/C16H22FN3/c1-11(2)20-7-3-4-13(9-18)16(20)12-5-6-15(17)14(8-12)10-19/h5-6,8,11,13,16H,3-4,7,9,18H2,1-2H3. The summed E-state index contributed by atoms with van der Waals surface area (Å²) in [7, 11) is 0. The predicted molar refractivity (Wildman–Crippen MR) is 77.5 cm³/mol. The fourth-order valence-electron chi connectivity index (χ4n) is 3.21. The molecule has 1 aromatic rings. The van der Waals surface area contributed by atoms with Gasteiger partial charge >= 0.3 is 0 Å². The zero-order valence-electron chi connectivity index (χ0n) is 12.1. The van der Waals surface area contributed by atoms with Gasteiger partial charge < -0.3 is 5.73 Å². The summed E-state index contributed by atoms with van der Waals surface area (Å²) in [5, 5.41) is 9.01. The van der Waals surface area contributed by atoms with Crippen LogP contribution < -0.4 is 5.73 Å². The largest absolute Gasteiger partial charge is 0.330 e. The molecule has 1 aliphatic rings. The van der Waals surface area contributed by atoms with Crippen LogP contribution in [-0.2, 0) is 0 Å². The molecule has 0 spiro atoms. The van der Waals surface area contributed by atoms with E-state index in [9.17, 15) is 4.39 Å². The average molecular weight is 275 g/mol. The van der Waals surface area contributed by atoms with Crippen molar-refractivity contribution in [2.75, 3.05) is 13.1 Å². The van der Waals surface area contributed by atoms with Gasteiger partial charge in [0, 0.05) is 12.1 Å². The highest BCUT2D eigenvalue weighted by Gasteiger charge is 2.33. The quantitative estimate of drug-likeness (QED) is 0.923. The first kappa shape index (κ1) is 15.0. The zero-order valence-corrected chi connectivity index (χ0v) is 12.1. The maximum atomic E-state index is 13.5. The summed E-state index contributed by atoms with van der Waals surface area (Å²) in [5.74, 6) is -0.0874. The predicted octanol–water partition coefficient (Wildman–Crippen LogP) is 2.82. The Balaban J connectivity index is 2.41. The molecule has 4 heteroatoms. The van der Waals surface area contributed by atoms with Crippen molar-refractivity contribution in [3.05, 3.63) is 35.1 Å². The van der Waals surface area contributed by atoms with Gasteiger partial charge in [-0.05, 0) is 63.4 Å². The molecule has 108 valence electrons. The molecular weight excluding hydrogens is 253 g/mol. The highest BCUT2D eigenvalue weighted by Crippen LogP contribution is 2.37. The van der Waals surface area contributed by atoms with Gasteiger partial charge in [-0.15, -0.1) is 0 Å². The van der Waals surface area contributed by atoms with E-state index in [4.69, 9.17) is 11.0 Å². The second-order valence-corrected chi connectivity index (χ2v) is 5.77. The minimum atomic E-state index is -0.451. The maximum Gasteiger partial charge on any atom is 0.140 e. The smallest absolute Gasteiger partial charge is 0.140 e. The molecule has 0 bridgehead atoms. The fraction of sp³-hybridized carbons (Fsp3) is 0.562. The van der Waals surface area contributed by atoms with Crippen LogP contribution in [-0.4, -0.2) is 24.0 Å². The molecule has 2 unspecified atom stereocenters. The molecule has 2 rings (SSSR count). The highest BCUT2D eigenvalue weighted by atomic mass is 19.1. The van der Waals surface area contributed by atoms with Crippen molar-refractivity contribution >= 4 is 0 Å². The van der Waals surface area contributed by atoms with Gasteiger partial charge in [0.2, 0.25) is 0 Å².